The Balaban J connectivity index is 1.33. The van der Waals surface area contributed by atoms with Gasteiger partial charge in [-0.3, -0.25) is 4.99 Å². The van der Waals surface area contributed by atoms with E-state index in [1.165, 1.54) is 18.2 Å². The van der Waals surface area contributed by atoms with E-state index < -0.39 is 35.2 Å². The van der Waals surface area contributed by atoms with Crippen molar-refractivity contribution in [3.63, 3.8) is 0 Å². The van der Waals surface area contributed by atoms with Crippen molar-refractivity contribution in [2.45, 2.75) is 25.1 Å². The minimum atomic E-state index is -5.02. The van der Waals surface area contributed by atoms with Crippen LogP contribution in [0.1, 0.15) is 28.6 Å². The van der Waals surface area contributed by atoms with Crippen LogP contribution >= 0.6 is 0 Å². The summed E-state index contributed by atoms with van der Waals surface area (Å²) in [5.41, 5.74) is -1.49. The zero-order chi connectivity index (χ0) is 26.4. The maximum atomic E-state index is 14.1. The summed E-state index contributed by atoms with van der Waals surface area (Å²) in [4.78, 5) is 6.20. The molecule has 0 saturated carbocycles. The van der Waals surface area contributed by atoms with Gasteiger partial charge in [0.05, 0.1) is 40.5 Å². The van der Waals surface area contributed by atoms with Crippen molar-refractivity contribution in [1.29, 1.82) is 0 Å². The number of halogens is 7. The Bertz CT molecular complexity index is 1420. The van der Waals surface area contributed by atoms with Crippen LogP contribution in [0.2, 0.25) is 0 Å². The number of hydrogen-bond donors (Lipinski definition) is 1. The van der Waals surface area contributed by atoms with Gasteiger partial charge in [-0.1, -0.05) is 24.3 Å². The molecular weight excluding hydrogens is 503 g/mol. The van der Waals surface area contributed by atoms with Crippen molar-refractivity contribution in [3.05, 3.63) is 107 Å². The summed E-state index contributed by atoms with van der Waals surface area (Å²) in [6, 6.07) is 10.4. The number of alkyl halides is 6. The Labute approximate surface area is 205 Å². The maximum absolute atomic E-state index is 14.1. The topological polar surface area (TPSA) is 53.4 Å². The van der Waals surface area contributed by atoms with Crippen LogP contribution in [0.15, 0.2) is 83.8 Å². The van der Waals surface area contributed by atoms with Crippen LogP contribution in [0.5, 0.6) is 0 Å². The Morgan fingerprint density at radius 2 is 1.68 bits per heavy atom. The third-order valence-corrected chi connectivity index (χ3v) is 5.75. The van der Waals surface area contributed by atoms with E-state index in [9.17, 15) is 30.7 Å². The molecule has 1 N–H and O–H groups in total. The van der Waals surface area contributed by atoms with Gasteiger partial charge in [0.2, 0.25) is 0 Å². The van der Waals surface area contributed by atoms with Crippen LogP contribution in [0.4, 0.5) is 30.7 Å². The van der Waals surface area contributed by atoms with Gasteiger partial charge in [0, 0.05) is 23.5 Å². The molecule has 0 saturated heterocycles. The standard InChI is InChI=1S/C25H16F7N5/c26-19-4-2-1-3-17(19)23-33-21-9-10-37(13-22(21)34-23)12-15-6-8-20(36-35-15)16-7-5-14(24(27,28)29)11-18(16)25(30,31)32/h1-11,13,23,34H,12H2. The first-order chi connectivity index (χ1) is 17.5. The Morgan fingerprint density at radius 1 is 0.892 bits per heavy atom. The Kier molecular flexibility index (Phi) is 5.97. The third-order valence-electron chi connectivity index (χ3n) is 5.75. The Hall–Kier alpha value is -4.22. The molecular formula is C25H16F7N5. The number of fused-ring (bicyclic) bond motifs is 1. The zero-order valence-corrected chi connectivity index (χ0v) is 18.6. The number of rotatable bonds is 4. The first kappa shape index (κ1) is 24.5. The number of nitrogens with zero attached hydrogens (tertiary/aromatic N) is 4. The molecule has 0 spiro atoms. The number of hydrogen-bond acceptors (Lipinski definition) is 5. The van der Waals surface area contributed by atoms with Crippen molar-refractivity contribution >= 4 is 5.71 Å². The molecule has 0 fully saturated rings. The van der Waals surface area contributed by atoms with Gasteiger partial charge in [0.1, 0.15) is 12.0 Å². The molecule has 3 aromatic rings. The SMILES string of the molecule is Fc1ccccc1C1N=C2C=CN(Cc3ccc(-c4ccc(C(F)(F)F)cc4C(F)(F)F)nn3)C=C2N1. The first-order valence-corrected chi connectivity index (χ1v) is 10.9. The molecule has 12 heteroatoms. The van der Waals surface area contributed by atoms with Crippen molar-refractivity contribution < 1.29 is 30.7 Å². The normalized spacial score (nSPS) is 17.3. The lowest BCUT2D eigenvalue weighted by molar-refractivity contribution is -0.142. The quantitative estimate of drug-likeness (QED) is 0.415. The number of benzene rings is 2. The fraction of sp³-hybridized carbons (Fsp3) is 0.160. The lowest BCUT2D eigenvalue weighted by atomic mass is 10.00. The summed E-state index contributed by atoms with van der Waals surface area (Å²) in [6.07, 6.45) is -5.36. The van der Waals surface area contributed by atoms with Gasteiger partial charge in [0.15, 0.2) is 0 Å². The van der Waals surface area contributed by atoms with Gasteiger partial charge in [-0.15, -0.1) is 0 Å². The summed E-state index contributed by atoms with van der Waals surface area (Å²) < 4.78 is 93.4. The molecule has 2 aliphatic heterocycles. The van der Waals surface area contributed by atoms with E-state index in [1.807, 2.05) is 0 Å². The van der Waals surface area contributed by atoms with E-state index in [0.29, 0.717) is 28.7 Å². The first-order valence-electron chi connectivity index (χ1n) is 10.9. The van der Waals surface area contributed by atoms with Crippen molar-refractivity contribution in [2.24, 2.45) is 4.99 Å². The molecule has 37 heavy (non-hydrogen) atoms. The lowest BCUT2D eigenvalue weighted by Gasteiger charge is -2.20. The molecule has 1 atom stereocenters. The maximum Gasteiger partial charge on any atom is 0.417 e. The number of allylic oxidation sites excluding steroid dienone is 1. The Morgan fingerprint density at radius 3 is 2.35 bits per heavy atom. The van der Waals surface area contributed by atoms with Gasteiger partial charge in [-0.2, -0.15) is 36.5 Å². The van der Waals surface area contributed by atoms with E-state index in [-0.39, 0.29) is 24.1 Å². The van der Waals surface area contributed by atoms with E-state index in [1.54, 1.807) is 41.6 Å². The summed E-state index contributed by atoms with van der Waals surface area (Å²) in [5.74, 6) is -0.387. The summed E-state index contributed by atoms with van der Waals surface area (Å²) in [7, 11) is 0. The predicted octanol–water partition coefficient (Wildman–Crippen LogP) is 6.23. The summed E-state index contributed by atoms with van der Waals surface area (Å²) in [6.45, 7) is 0.200. The average molecular weight is 519 g/mol. The molecule has 3 heterocycles. The highest BCUT2D eigenvalue weighted by Gasteiger charge is 2.38. The van der Waals surface area contributed by atoms with Gasteiger partial charge in [-0.25, -0.2) is 4.39 Å². The average Bonchev–Trinajstić information content (AvgIpc) is 3.26. The van der Waals surface area contributed by atoms with Crippen LogP contribution in [-0.2, 0) is 18.9 Å². The van der Waals surface area contributed by atoms with Crippen LogP contribution in [0.25, 0.3) is 11.3 Å². The largest absolute Gasteiger partial charge is 0.417 e. The number of aliphatic imine (C=N–C) groups is 1. The molecule has 5 nitrogen and oxygen atoms in total. The fourth-order valence-electron chi connectivity index (χ4n) is 3.97. The molecule has 0 amide bonds. The molecule has 1 unspecified atom stereocenters. The number of aromatic nitrogens is 2. The molecule has 2 aliphatic rings. The monoisotopic (exact) mass is 519 g/mol. The second-order valence-electron chi connectivity index (χ2n) is 8.28. The third kappa shape index (κ3) is 5.04. The zero-order valence-electron chi connectivity index (χ0n) is 18.6. The molecule has 0 bridgehead atoms. The highest BCUT2D eigenvalue weighted by molar-refractivity contribution is 6.10. The molecule has 0 aliphatic carbocycles. The highest BCUT2D eigenvalue weighted by Crippen LogP contribution is 2.40. The van der Waals surface area contributed by atoms with Gasteiger partial charge < -0.3 is 10.2 Å². The molecule has 5 rings (SSSR count). The minimum absolute atomic E-state index is 0.0674. The van der Waals surface area contributed by atoms with Crippen LogP contribution in [0.3, 0.4) is 0 Å². The highest BCUT2D eigenvalue weighted by atomic mass is 19.4. The molecule has 0 radical (unpaired) electrons. The van der Waals surface area contributed by atoms with Crippen molar-refractivity contribution in [1.82, 2.24) is 20.4 Å². The van der Waals surface area contributed by atoms with Gasteiger partial charge in [-0.05, 0) is 36.4 Å². The molecule has 190 valence electrons. The summed E-state index contributed by atoms with van der Waals surface area (Å²) in [5, 5.41) is 10.9. The predicted molar refractivity (Wildman–Crippen MR) is 120 cm³/mol. The van der Waals surface area contributed by atoms with Gasteiger partial charge >= 0.3 is 12.4 Å². The number of nitrogens with one attached hydrogen (secondary N) is 1. The second kappa shape index (κ2) is 9.02. The second-order valence-corrected chi connectivity index (χ2v) is 8.28. The van der Waals surface area contributed by atoms with Crippen LogP contribution in [-0.4, -0.2) is 20.8 Å². The van der Waals surface area contributed by atoms with Gasteiger partial charge in [0.25, 0.3) is 0 Å². The van der Waals surface area contributed by atoms with Crippen LogP contribution < -0.4 is 5.32 Å². The van der Waals surface area contributed by atoms with E-state index in [0.717, 1.165) is 6.07 Å². The van der Waals surface area contributed by atoms with Crippen LogP contribution in [0, 0.1) is 5.82 Å². The lowest BCUT2D eigenvalue weighted by Crippen LogP contribution is -2.23. The van der Waals surface area contributed by atoms with Crippen molar-refractivity contribution in [2.75, 3.05) is 0 Å². The van der Waals surface area contributed by atoms with E-state index >= 15 is 0 Å². The van der Waals surface area contributed by atoms with E-state index in [2.05, 4.69) is 20.5 Å². The summed E-state index contributed by atoms with van der Waals surface area (Å²) >= 11 is 0. The molecule has 1 aromatic heterocycles. The molecule has 2 aromatic carbocycles. The van der Waals surface area contributed by atoms with Crippen molar-refractivity contribution in [3.8, 4) is 11.3 Å². The van der Waals surface area contributed by atoms with E-state index in [4.69, 9.17) is 0 Å². The smallest absolute Gasteiger partial charge is 0.357 e. The minimum Gasteiger partial charge on any atom is -0.357 e. The fourth-order valence-corrected chi connectivity index (χ4v) is 3.97.